The van der Waals surface area contributed by atoms with E-state index in [0.717, 1.165) is 7.11 Å². The van der Waals surface area contributed by atoms with Gasteiger partial charge in [-0.15, -0.1) is 0 Å². The van der Waals surface area contributed by atoms with Gasteiger partial charge < -0.3 is 9.84 Å². The largest absolute Gasteiger partial charge is 1.00 e. The van der Waals surface area contributed by atoms with Crippen LogP contribution in [-0.4, -0.2) is 19.3 Å². The number of hydrogen-bond acceptors (Lipinski definition) is 4. The predicted octanol–water partition coefficient (Wildman–Crippen LogP) is -2.58. The Hall–Kier alpha value is -0.334. The summed E-state index contributed by atoms with van der Waals surface area (Å²) in [5.41, 5.74) is -0.685. The number of carbonyl (C=O) groups is 1. The molecule has 0 aromatic heterocycles. The van der Waals surface area contributed by atoms with Crippen LogP contribution in [0.25, 0.3) is 0 Å². The molecule has 0 amide bonds. The van der Waals surface area contributed by atoms with Gasteiger partial charge in [0.25, 0.3) is 0 Å². The van der Waals surface area contributed by atoms with E-state index >= 15 is 0 Å². The molecule has 0 radical (unpaired) electrons. The van der Waals surface area contributed by atoms with E-state index in [2.05, 4.69) is 4.74 Å². The second-order valence-corrected chi connectivity index (χ2v) is 2.21. The molecular weight excluding hydrogens is 254 g/mol. The van der Waals surface area contributed by atoms with Crippen molar-refractivity contribution < 1.29 is 79.2 Å². The molecule has 0 heterocycles. The quantitative estimate of drug-likeness (QED) is 0.136. The zero-order valence-corrected chi connectivity index (χ0v) is 11.6. The minimum atomic E-state index is -5.02. The van der Waals surface area contributed by atoms with Crippen molar-refractivity contribution in [3.8, 4) is 6.07 Å². The van der Waals surface area contributed by atoms with Crippen LogP contribution in [0.1, 0.15) is 0 Å². The summed E-state index contributed by atoms with van der Waals surface area (Å²) in [5, 5.41) is 18.6. The number of esters is 1. The molecule has 0 saturated carbocycles. The van der Waals surface area contributed by atoms with Crippen LogP contribution in [0, 0.1) is 11.3 Å². The molecule has 0 atom stereocenters. The maximum atomic E-state index is 11.7. The number of ether oxygens (including phenoxy) is 1. The molecule has 0 aromatic rings. The average Bonchev–Trinajstić information content (AvgIpc) is 2.16. The van der Waals surface area contributed by atoms with Crippen LogP contribution in [0.4, 0.5) is 13.2 Å². The summed E-state index contributed by atoms with van der Waals surface area (Å²) in [6.45, 7) is 0. The molecule has 82 valence electrons. The first kappa shape index (κ1) is 18.0. The zero-order chi connectivity index (χ0) is 12.1. The molecule has 0 fully saturated rings. The minimum absolute atomic E-state index is 0. The summed E-state index contributed by atoms with van der Waals surface area (Å²) >= 11 is 0. The van der Waals surface area contributed by atoms with Gasteiger partial charge in [0.15, 0.2) is 0 Å². The van der Waals surface area contributed by atoms with Crippen molar-refractivity contribution in [3.63, 3.8) is 0 Å². The number of rotatable bonds is 2. The number of allylic oxidation sites excluding steroid dienone is 3. The van der Waals surface area contributed by atoms with Gasteiger partial charge in [-0.3, -0.25) is 0 Å². The average molecular weight is 259 g/mol. The molecule has 0 unspecified atom stereocenters. The fraction of sp³-hybridized carbons (Fsp3) is 0.250. The molecule has 0 aliphatic rings. The van der Waals surface area contributed by atoms with Gasteiger partial charge in [-0.05, 0) is 11.8 Å². The van der Waals surface area contributed by atoms with E-state index in [4.69, 9.17) is 5.26 Å². The van der Waals surface area contributed by atoms with Gasteiger partial charge in [-0.2, -0.15) is 18.4 Å². The van der Waals surface area contributed by atoms with E-state index in [0.29, 0.717) is 6.08 Å². The van der Waals surface area contributed by atoms with Crippen molar-refractivity contribution in [2.75, 3.05) is 7.11 Å². The number of nitriles is 1. The van der Waals surface area contributed by atoms with Crippen LogP contribution in [0.3, 0.4) is 0 Å². The molecule has 16 heavy (non-hydrogen) atoms. The van der Waals surface area contributed by atoms with Crippen molar-refractivity contribution in [2.45, 2.75) is 6.18 Å². The Morgan fingerprint density at radius 1 is 1.44 bits per heavy atom. The van der Waals surface area contributed by atoms with Gasteiger partial charge >= 0.3 is 63.5 Å². The monoisotopic (exact) mass is 259 g/mol. The molecule has 0 spiro atoms. The summed E-state index contributed by atoms with van der Waals surface area (Å²) in [4.78, 5) is 10.7. The maximum absolute atomic E-state index is 11.7. The Bertz CT molecular complexity index is 355. The summed E-state index contributed by atoms with van der Waals surface area (Å²) in [6, 6.07) is 1.30. The number of methoxy groups -OCH3 is 1. The summed E-state index contributed by atoms with van der Waals surface area (Å²) in [7, 11) is 0.957. The van der Waals surface area contributed by atoms with Gasteiger partial charge in [0.2, 0.25) is 0 Å². The van der Waals surface area contributed by atoms with Crippen molar-refractivity contribution in [2.24, 2.45) is 0 Å². The Morgan fingerprint density at radius 3 is 2.25 bits per heavy atom. The normalized spacial score (nSPS) is 12.4. The van der Waals surface area contributed by atoms with Crippen molar-refractivity contribution in [1.29, 1.82) is 5.26 Å². The van der Waals surface area contributed by atoms with Crippen LogP contribution in [0.15, 0.2) is 23.5 Å². The molecule has 0 aromatic carbocycles. The van der Waals surface area contributed by atoms with Crippen molar-refractivity contribution in [3.05, 3.63) is 23.5 Å². The third kappa shape index (κ3) is 6.29. The number of carbonyl (C=O) groups excluding carboxylic acids is 1. The number of hydrogen-bond donors (Lipinski definition) is 0. The van der Waals surface area contributed by atoms with Crippen molar-refractivity contribution in [1.82, 2.24) is 0 Å². The fourth-order valence-electron chi connectivity index (χ4n) is 0.514. The summed E-state index contributed by atoms with van der Waals surface area (Å²) in [6.07, 6.45) is -4.47. The minimum Gasteiger partial charge on any atom is -0.869 e. The van der Waals surface area contributed by atoms with E-state index in [1.165, 1.54) is 6.07 Å². The second-order valence-electron chi connectivity index (χ2n) is 2.21. The fourth-order valence-corrected chi connectivity index (χ4v) is 0.514. The molecule has 0 saturated heterocycles. The van der Waals surface area contributed by atoms with Gasteiger partial charge in [0, 0.05) is 0 Å². The Morgan fingerprint density at radius 2 is 1.94 bits per heavy atom. The molecule has 0 N–H and O–H groups in total. The number of nitrogens with zero attached hydrogens (tertiary/aromatic N) is 1. The molecule has 0 rings (SSSR count). The van der Waals surface area contributed by atoms with Gasteiger partial charge in [-0.25, -0.2) is 4.79 Å². The second kappa shape index (κ2) is 7.86. The first-order chi connectivity index (χ1) is 6.82. The SMILES string of the molecule is COC(=O)/C(C#N)=C/C=C(\[O-])C(F)(F)F.[K+]. The summed E-state index contributed by atoms with van der Waals surface area (Å²) < 4.78 is 39.1. The Kier molecular flexibility index (Phi) is 8.87. The van der Waals surface area contributed by atoms with Crippen LogP contribution in [0.2, 0.25) is 0 Å². The van der Waals surface area contributed by atoms with E-state index < -0.39 is 23.5 Å². The van der Waals surface area contributed by atoms with Crippen molar-refractivity contribution >= 4 is 5.97 Å². The molecule has 0 aliphatic heterocycles. The van der Waals surface area contributed by atoms with Crippen LogP contribution in [-0.2, 0) is 9.53 Å². The van der Waals surface area contributed by atoms with Crippen LogP contribution < -0.4 is 56.5 Å². The van der Waals surface area contributed by atoms with E-state index in [9.17, 15) is 23.1 Å². The van der Waals surface area contributed by atoms with E-state index in [-0.39, 0.29) is 57.5 Å². The molecule has 0 bridgehead atoms. The maximum Gasteiger partial charge on any atom is 1.00 e. The predicted molar refractivity (Wildman–Crippen MR) is 39.9 cm³/mol. The number of halogens is 3. The third-order valence-corrected chi connectivity index (χ3v) is 1.21. The Labute approximate surface area is 132 Å². The van der Waals surface area contributed by atoms with Gasteiger partial charge in [-0.1, -0.05) is 6.08 Å². The third-order valence-electron chi connectivity index (χ3n) is 1.21. The molecule has 8 heteroatoms. The van der Waals surface area contributed by atoms with Gasteiger partial charge in [0.1, 0.15) is 11.6 Å². The smallest absolute Gasteiger partial charge is 0.869 e. The molecule has 4 nitrogen and oxygen atoms in total. The molecule has 0 aliphatic carbocycles. The summed E-state index contributed by atoms with van der Waals surface area (Å²) in [5.74, 6) is -3.26. The Balaban J connectivity index is 0. The molecular formula is C8H5F3KNO3. The number of alkyl halides is 3. The van der Waals surface area contributed by atoms with E-state index in [1.54, 1.807) is 0 Å². The van der Waals surface area contributed by atoms with Crippen LogP contribution >= 0.6 is 0 Å². The van der Waals surface area contributed by atoms with Gasteiger partial charge in [0.05, 0.1) is 7.11 Å². The standard InChI is InChI=1S/C8H6F3NO3.K/c1-15-7(14)5(4-12)2-3-6(13)8(9,10)11;/h2-3,13H,1H3;/q;+1/p-1/b5-2+,6-3-;. The first-order valence-electron chi connectivity index (χ1n) is 3.47. The zero-order valence-electron chi connectivity index (χ0n) is 8.46. The first-order valence-corrected chi connectivity index (χ1v) is 3.47. The van der Waals surface area contributed by atoms with Crippen LogP contribution in [0.5, 0.6) is 0 Å². The topological polar surface area (TPSA) is 73.2 Å². The van der Waals surface area contributed by atoms with E-state index in [1.807, 2.05) is 0 Å².